The van der Waals surface area contributed by atoms with Crippen LogP contribution in [0.25, 0.3) is 0 Å². The Hall–Kier alpha value is -2.56. The number of nitrogens with zero attached hydrogens (tertiary/aromatic N) is 1. The molecule has 1 amide bonds. The van der Waals surface area contributed by atoms with Gasteiger partial charge in [-0.25, -0.2) is 0 Å². The van der Waals surface area contributed by atoms with E-state index in [-0.39, 0.29) is 5.91 Å². The van der Waals surface area contributed by atoms with Crippen LogP contribution in [-0.2, 0) is 11.3 Å². The second-order valence-electron chi connectivity index (χ2n) is 4.49. The van der Waals surface area contributed by atoms with E-state index in [0.29, 0.717) is 18.0 Å². The standard InChI is InChI=1S/C16H18N2O3/c1-12(21-15-8-4-3-7-14(15)20-2)16(19)18-11-13-6-5-9-17-10-13/h3-10,12H,11H2,1-2H3,(H,18,19). The maximum atomic E-state index is 12.0. The van der Waals surface area contributed by atoms with E-state index >= 15 is 0 Å². The van der Waals surface area contributed by atoms with Crippen LogP contribution >= 0.6 is 0 Å². The Morgan fingerprint density at radius 2 is 2.00 bits per heavy atom. The fourth-order valence-corrected chi connectivity index (χ4v) is 1.80. The van der Waals surface area contributed by atoms with Crippen LogP contribution in [0.5, 0.6) is 11.5 Å². The highest BCUT2D eigenvalue weighted by Gasteiger charge is 2.16. The number of pyridine rings is 1. The largest absolute Gasteiger partial charge is 0.493 e. The molecule has 0 spiro atoms. The summed E-state index contributed by atoms with van der Waals surface area (Å²) in [4.78, 5) is 16.0. The number of ether oxygens (including phenoxy) is 2. The van der Waals surface area contributed by atoms with Gasteiger partial charge in [0.2, 0.25) is 0 Å². The first-order valence-electron chi connectivity index (χ1n) is 6.67. The lowest BCUT2D eigenvalue weighted by molar-refractivity contribution is -0.127. The van der Waals surface area contributed by atoms with Gasteiger partial charge in [-0.05, 0) is 30.7 Å². The average Bonchev–Trinajstić information content (AvgIpc) is 2.54. The van der Waals surface area contributed by atoms with Gasteiger partial charge >= 0.3 is 0 Å². The molecule has 0 radical (unpaired) electrons. The minimum absolute atomic E-state index is 0.190. The molecule has 1 heterocycles. The molecule has 1 aromatic carbocycles. The van der Waals surface area contributed by atoms with Gasteiger partial charge in [-0.1, -0.05) is 18.2 Å². The molecule has 1 aromatic heterocycles. The van der Waals surface area contributed by atoms with Crippen LogP contribution in [-0.4, -0.2) is 24.1 Å². The number of amides is 1. The maximum absolute atomic E-state index is 12.0. The normalized spacial score (nSPS) is 11.5. The highest BCUT2D eigenvalue weighted by atomic mass is 16.5. The fourth-order valence-electron chi connectivity index (χ4n) is 1.80. The van der Waals surface area contributed by atoms with Crippen LogP contribution < -0.4 is 14.8 Å². The van der Waals surface area contributed by atoms with Gasteiger partial charge in [0.15, 0.2) is 17.6 Å². The first kappa shape index (κ1) is 14.8. The van der Waals surface area contributed by atoms with Crippen LogP contribution in [0.1, 0.15) is 12.5 Å². The summed E-state index contributed by atoms with van der Waals surface area (Å²) >= 11 is 0. The van der Waals surface area contributed by atoms with E-state index in [0.717, 1.165) is 5.56 Å². The second kappa shape index (κ2) is 7.28. The molecular formula is C16H18N2O3. The van der Waals surface area contributed by atoms with Gasteiger partial charge in [0.1, 0.15) is 0 Å². The van der Waals surface area contributed by atoms with Crippen molar-refractivity contribution >= 4 is 5.91 Å². The molecule has 0 saturated carbocycles. The summed E-state index contributed by atoms with van der Waals surface area (Å²) < 4.78 is 10.8. The van der Waals surface area contributed by atoms with Crippen molar-refractivity contribution in [3.8, 4) is 11.5 Å². The van der Waals surface area contributed by atoms with Gasteiger partial charge in [0.25, 0.3) is 5.91 Å². The second-order valence-corrected chi connectivity index (χ2v) is 4.49. The smallest absolute Gasteiger partial charge is 0.261 e. The molecule has 2 rings (SSSR count). The topological polar surface area (TPSA) is 60.5 Å². The Labute approximate surface area is 123 Å². The number of hydrogen-bond donors (Lipinski definition) is 1. The molecule has 1 unspecified atom stereocenters. The van der Waals surface area contributed by atoms with Crippen molar-refractivity contribution in [2.75, 3.05) is 7.11 Å². The third-order valence-corrected chi connectivity index (χ3v) is 2.93. The summed E-state index contributed by atoms with van der Waals surface area (Å²) in [6.07, 6.45) is 2.79. The molecular weight excluding hydrogens is 268 g/mol. The van der Waals surface area contributed by atoms with Crippen LogP contribution in [0.4, 0.5) is 0 Å². The number of methoxy groups -OCH3 is 1. The molecule has 5 heteroatoms. The van der Waals surface area contributed by atoms with Gasteiger partial charge in [-0.3, -0.25) is 9.78 Å². The minimum atomic E-state index is -0.613. The van der Waals surface area contributed by atoms with E-state index in [4.69, 9.17) is 9.47 Å². The molecule has 2 aromatic rings. The summed E-state index contributed by atoms with van der Waals surface area (Å²) in [6.45, 7) is 2.12. The molecule has 0 fully saturated rings. The van der Waals surface area contributed by atoms with Crippen molar-refractivity contribution in [3.05, 3.63) is 54.4 Å². The third-order valence-electron chi connectivity index (χ3n) is 2.93. The van der Waals surface area contributed by atoms with E-state index in [9.17, 15) is 4.79 Å². The highest BCUT2D eigenvalue weighted by molar-refractivity contribution is 5.80. The summed E-state index contributed by atoms with van der Waals surface area (Å²) in [7, 11) is 1.56. The fraction of sp³-hybridized carbons (Fsp3) is 0.250. The summed E-state index contributed by atoms with van der Waals surface area (Å²) in [5, 5.41) is 2.81. The average molecular weight is 286 g/mol. The van der Waals surface area contributed by atoms with Crippen LogP contribution in [0.15, 0.2) is 48.8 Å². The van der Waals surface area contributed by atoms with Crippen molar-refractivity contribution in [2.24, 2.45) is 0 Å². The molecule has 110 valence electrons. The number of carbonyl (C=O) groups is 1. The van der Waals surface area contributed by atoms with Gasteiger partial charge in [0.05, 0.1) is 7.11 Å². The predicted octanol–water partition coefficient (Wildman–Crippen LogP) is 2.17. The van der Waals surface area contributed by atoms with Crippen molar-refractivity contribution in [1.29, 1.82) is 0 Å². The number of hydrogen-bond acceptors (Lipinski definition) is 4. The van der Waals surface area contributed by atoms with Crippen molar-refractivity contribution in [2.45, 2.75) is 19.6 Å². The molecule has 21 heavy (non-hydrogen) atoms. The SMILES string of the molecule is COc1ccccc1OC(C)C(=O)NCc1cccnc1. The Bertz CT molecular complexity index is 587. The molecule has 0 aliphatic carbocycles. The zero-order valence-electron chi connectivity index (χ0n) is 12.1. The number of aromatic nitrogens is 1. The summed E-state index contributed by atoms with van der Waals surface area (Å²) in [6, 6.07) is 11.0. The summed E-state index contributed by atoms with van der Waals surface area (Å²) in [5.74, 6) is 0.957. The molecule has 1 N–H and O–H groups in total. The van der Waals surface area contributed by atoms with Gasteiger partial charge in [0, 0.05) is 18.9 Å². The van der Waals surface area contributed by atoms with Crippen LogP contribution in [0.2, 0.25) is 0 Å². The number of carbonyl (C=O) groups excluding carboxylic acids is 1. The minimum Gasteiger partial charge on any atom is -0.493 e. The van der Waals surface area contributed by atoms with E-state index in [1.165, 1.54) is 0 Å². The molecule has 0 saturated heterocycles. The van der Waals surface area contributed by atoms with Crippen molar-refractivity contribution in [1.82, 2.24) is 10.3 Å². The van der Waals surface area contributed by atoms with Crippen molar-refractivity contribution < 1.29 is 14.3 Å². The lowest BCUT2D eigenvalue weighted by atomic mass is 10.2. The Balaban J connectivity index is 1.90. The van der Waals surface area contributed by atoms with Gasteiger partial charge in [-0.2, -0.15) is 0 Å². The molecule has 0 bridgehead atoms. The quantitative estimate of drug-likeness (QED) is 0.884. The third kappa shape index (κ3) is 4.21. The molecule has 5 nitrogen and oxygen atoms in total. The zero-order chi connectivity index (χ0) is 15.1. The van der Waals surface area contributed by atoms with Crippen LogP contribution in [0, 0.1) is 0 Å². The summed E-state index contributed by atoms with van der Waals surface area (Å²) in [5.41, 5.74) is 0.940. The zero-order valence-corrected chi connectivity index (χ0v) is 12.1. The first-order valence-corrected chi connectivity index (χ1v) is 6.67. The molecule has 1 atom stereocenters. The van der Waals surface area contributed by atoms with Crippen molar-refractivity contribution in [3.63, 3.8) is 0 Å². The van der Waals surface area contributed by atoms with Gasteiger partial charge in [-0.15, -0.1) is 0 Å². The number of nitrogens with one attached hydrogen (secondary N) is 1. The van der Waals surface area contributed by atoms with Gasteiger partial charge < -0.3 is 14.8 Å². The van der Waals surface area contributed by atoms with E-state index in [2.05, 4.69) is 10.3 Å². The first-order chi connectivity index (χ1) is 10.2. The predicted molar refractivity (Wildman–Crippen MR) is 79.2 cm³/mol. The Kier molecular flexibility index (Phi) is 5.15. The Morgan fingerprint density at radius 1 is 1.24 bits per heavy atom. The molecule has 0 aliphatic rings. The van der Waals surface area contributed by atoms with Crippen LogP contribution in [0.3, 0.4) is 0 Å². The maximum Gasteiger partial charge on any atom is 0.261 e. The number of rotatable bonds is 6. The molecule has 0 aliphatic heterocycles. The monoisotopic (exact) mass is 286 g/mol. The lowest BCUT2D eigenvalue weighted by Crippen LogP contribution is -2.36. The Morgan fingerprint density at radius 3 is 2.67 bits per heavy atom. The van der Waals surface area contributed by atoms with E-state index < -0.39 is 6.10 Å². The van der Waals surface area contributed by atoms with E-state index in [1.807, 2.05) is 24.3 Å². The van der Waals surface area contributed by atoms with E-state index in [1.54, 1.807) is 38.6 Å². The number of para-hydroxylation sites is 2. The lowest BCUT2D eigenvalue weighted by Gasteiger charge is -2.16. The number of benzene rings is 1. The highest BCUT2D eigenvalue weighted by Crippen LogP contribution is 2.26.